The number of fused-ring (bicyclic) bond motifs is 1. The van der Waals surface area contributed by atoms with Crippen LogP contribution in [0.15, 0.2) is 65.8 Å². The van der Waals surface area contributed by atoms with Crippen molar-refractivity contribution in [2.75, 3.05) is 6.54 Å². The summed E-state index contributed by atoms with van der Waals surface area (Å²) in [7, 11) is 0. The van der Waals surface area contributed by atoms with Gasteiger partial charge in [-0.05, 0) is 38.3 Å². The normalized spacial score (nSPS) is 28.4. The Kier molecular flexibility index (Phi) is 5.04. The number of amides is 2. The predicted octanol–water partition coefficient (Wildman–Crippen LogP) is 4.16. The fourth-order valence-electron chi connectivity index (χ4n) is 6.16. The van der Waals surface area contributed by atoms with Crippen molar-refractivity contribution in [3.63, 3.8) is 0 Å². The van der Waals surface area contributed by atoms with Gasteiger partial charge >= 0.3 is 0 Å². The van der Waals surface area contributed by atoms with Crippen LogP contribution in [-0.2, 0) is 20.9 Å². The van der Waals surface area contributed by atoms with Crippen molar-refractivity contribution >= 4 is 23.3 Å². The molecule has 2 spiro atoms. The third-order valence-corrected chi connectivity index (χ3v) is 7.55. The smallest absolute Gasteiger partial charge is 0.291 e. The first-order chi connectivity index (χ1) is 16.2. The largest absolute Gasteiger partial charge is 0.331 e. The molecule has 2 amide bonds. The third kappa shape index (κ3) is 2.87. The fraction of sp³-hybridized carbons (Fsp3) is 0.429. The maximum Gasteiger partial charge on any atom is 0.291 e. The summed E-state index contributed by atoms with van der Waals surface area (Å²) in [6.45, 7) is 8.48. The molecule has 6 nitrogen and oxygen atoms in total. The number of carbonyl (C=O) groups excluding carboxylic acids is 3. The van der Waals surface area contributed by atoms with Gasteiger partial charge in [0.1, 0.15) is 5.41 Å². The van der Waals surface area contributed by atoms with E-state index < -0.39 is 34.0 Å². The minimum absolute atomic E-state index is 0.153. The monoisotopic (exact) mass is 457 g/mol. The van der Waals surface area contributed by atoms with E-state index in [9.17, 15) is 14.4 Å². The molecule has 3 aliphatic rings. The highest BCUT2D eigenvalue weighted by Crippen LogP contribution is 2.79. The van der Waals surface area contributed by atoms with Gasteiger partial charge in [0.15, 0.2) is 0 Å². The Labute approximate surface area is 200 Å². The lowest BCUT2D eigenvalue weighted by Gasteiger charge is -2.29. The summed E-state index contributed by atoms with van der Waals surface area (Å²) in [5, 5.41) is 6.38. The summed E-state index contributed by atoms with van der Waals surface area (Å²) in [6, 6.07) is 19.4. The number of hydrogen-bond donors (Lipinski definition) is 0. The number of ketones is 1. The first-order valence-electron chi connectivity index (χ1n) is 12.0. The van der Waals surface area contributed by atoms with Gasteiger partial charge in [-0.1, -0.05) is 74.0 Å². The van der Waals surface area contributed by atoms with E-state index in [1.165, 1.54) is 0 Å². The van der Waals surface area contributed by atoms with Gasteiger partial charge in [-0.2, -0.15) is 5.10 Å². The van der Waals surface area contributed by atoms with Gasteiger partial charge in [0.2, 0.25) is 5.78 Å². The number of nitrogens with zero attached hydrogens (tertiary/aromatic N) is 3. The van der Waals surface area contributed by atoms with Gasteiger partial charge in [0.05, 0.1) is 16.7 Å². The number of carbonyl (C=O) groups is 3. The average molecular weight is 458 g/mol. The van der Waals surface area contributed by atoms with Gasteiger partial charge in [-0.3, -0.25) is 14.4 Å². The van der Waals surface area contributed by atoms with E-state index in [1.54, 1.807) is 9.91 Å². The second-order valence-electron chi connectivity index (χ2n) is 10.7. The zero-order chi connectivity index (χ0) is 24.3. The van der Waals surface area contributed by atoms with Gasteiger partial charge in [0.25, 0.3) is 11.8 Å². The van der Waals surface area contributed by atoms with E-state index in [0.717, 1.165) is 23.3 Å². The lowest BCUT2D eigenvalue weighted by atomic mass is 9.84. The van der Waals surface area contributed by atoms with Crippen molar-refractivity contribution < 1.29 is 14.4 Å². The molecule has 2 fully saturated rings. The second kappa shape index (κ2) is 7.62. The van der Waals surface area contributed by atoms with Crippen molar-refractivity contribution in [1.29, 1.82) is 0 Å². The van der Waals surface area contributed by atoms with E-state index in [-0.39, 0.29) is 12.5 Å². The fourth-order valence-corrected chi connectivity index (χ4v) is 6.16. The summed E-state index contributed by atoms with van der Waals surface area (Å²) in [5.41, 5.74) is -0.131. The van der Waals surface area contributed by atoms with E-state index >= 15 is 0 Å². The quantitative estimate of drug-likeness (QED) is 0.633. The topological polar surface area (TPSA) is 70.1 Å². The van der Waals surface area contributed by atoms with Gasteiger partial charge < -0.3 is 4.90 Å². The standard InChI is InChI=1S/C28H31N3O3/c1-5-12-21-28(25(34)31(29-21)26(2,3)4)22(20-15-10-7-11-16-20)27(28)18-30(24(33)23(27)32)17-19-13-8-6-9-14-19/h6-11,13-16,22H,5,12,17-18H2,1-4H3/t22-,27?,28?/m0/s1. The van der Waals surface area contributed by atoms with E-state index in [4.69, 9.17) is 5.10 Å². The lowest BCUT2D eigenvalue weighted by molar-refractivity contribution is -0.143. The zero-order valence-electron chi connectivity index (χ0n) is 20.2. The molecule has 2 aromatic carbocycles. The van der Waals surface area contributed by atoms with Crippen LogP contribution in [0.3, 0.4) is 0 Å². The molecule has 1 aliphatic carbocycles. The van der Waals surface area contributed by atoms with Crippen LogP contribution in [0.25, 0.3) is 0 Å². The van der Waals surface area contributed by atoms with Crippen LogP contribution in [0, 0.1) is 10.8 Å². The summed E-state index contributed by atoms with van der Waals surface area (Å²) in [6.07, 6.45) is 1.42. The Morgan fingerprint density at radius 2 is 1.59 bits per heavy atom. The van der Waals surface area contributed by atoms with E-state index in [1.807, 2.05) is 81.4 Å². The van der Waals surface area contributed by atoms with Crippen molar-refractivity contribution in [1.82, 2.24) is 9.91 Å². The molecule has 2 heterocycles. The predicted molar refractivity (Wildman–Crippen MR) is 130 cm³/mol. The van der Waals surface area contributed by atoms with Crippen LogP contribution in [-0.4, -0.2) is 45.3 Å². The number of hydrogen-bond acceptors (Lipinski definition) is 4. The number of rotatable bonds is 5. The highest BCUT2D eigenvalue weighted by atomic mass is 16.2. The molecule has 0 aromatic heterocycles. The van der Waals surface area contributed by atoms with E-state index in [2.05, 4.69) is 6.92 Å². The molecule has 2 aromatic rings. The minimum Gasteiger partial charge on any atom is -0.331 e. The van der Waals surface area contributed by atoms with Crippen molar-refractivity contribution in [2.24, 2.45) is 15.9 Å². The Morgan fingerprint density at radius 3 is 2.18 bits per heavy atom. The van der Waals surface area contributed by atoms with Crippen molar-refractivity contribution in [3.8, 4) is 0 Å². The number of likely N-dealkylation sites (tertiary alicyclic amines) is 1. The van der Waals surface area contributed by atoms with Crippen LogP contribution in [0.4, 0.5) is 0 Å². The molecule has 1 saturated carbocycles. The number of hydrazone groups is 1. The van der Waals surface area contributed by atoms with Crippen LogP contribution in [0.1, 0.15) is 57.6 Å². The van der Waals surface area contributed by atoms with Crippen LogP contribution < -0.4 is 0 Å². The first kappa shape index (κ1) is 22.5. The maximum atomic E-state index is 14.2. The first-order valence-corrected chi connectivity index (χ1v) is 12.0. The van der Waals surface area contributed by atoms with Gasteiger partial charge in [0, 0.05) is 19.0 Å². The lowest BCUT2D eigenvalue weighted by Crippen LogP contribution is -2.44. The molecular weight excluding hydrogens is 426 g/mol. The molecule has 6 heteroatoms. The highest BCUT2D eigenvalue weighted by molar-refractivity contribution is 6.45. The summed E-state index contributed by atoms with van der Waals surface area (Å²) in [4.78, 5) is 43.0. The SMILES string of the molecule is CCCC1=NN(C(C)(C)C)C(=O)C12[C@@H](c1ccccc1)C21CN(Cc2ccccc2)C(=O)C1=O. The highest BCUT2D eigenvalue weighted by Gasteiger charge is 2.90. The van der Waals surface area contributed by atoms with Crippen LogP contribution in [0.2, 0.25) is 0 Å². The summed E-state index contributed by atoms with van der Waals surface area (Å²) < 4.78 is 0. The molecule has 1 saturated heterocycles. The summed E-state index contributed by atoms with van der Waals surface area (Å²) in [5.74, 6) is -1.51. The van der Waals surface area contributed by atoms with Crippen molar-refractivity contribution in [2.45, 2.75) is 58.5 Å². The molecule has 2 unspecified atom stereocenters. The molecule has 2 aliphatic heterocycles. The molecule has 0 bridgehead atoms. The average Bonchev–Trinajstić information content (AvgIpc) is 3.22. The van der Waals surface area contributed by atoms with Crippen LogP contribution in [0.5, 0.6) is 0 Å². The van der Waals surface area contributed by atoms with Crippen molar-refractivity contribution in [3.05, 3.63) is 71.8 Å². The Morgan fingerprint density at radius 1 is 0.971 bits per heavy atom. The molecular formula is C28H31N3O3. The molecule has 0 radical (unpaired) electrons. The second-order valence-corrected chi connectivity index (χ2v) is 10.7. The Bertz CT molecular complexity index is 1180. The van der Waals surface area contributed by atoms with E-state index in [0.29, 0.717) is 13.0 Å². The number of benzene rings is 2. The molecule has 34 heavy (non-hydrogen) atoms. The molecule has 5 rings (SSSR count). The maximum absolute atomic E-state index is 14.2. The molecule has 176 valence electrons. The minimum atomic E-state index is -1.12. The van der Waals surface area contributed by atoms with Gasteiger partial charge in [-0.25, -0.2) is 5.01 Å². The molecule has 0 N–H and O–H groups in total. The zero-order valence-corrected chi connectivity index (χ0v) is 20.2. The third-order valence-electron chi connectivity index (χ3n) is 7.55. The molecule has 3 atom stereocenters. The number of Topliss-reactive ketones (excluding diaryl/α,β-unsaturated/α-hetero) is 1. The van der Waals surface area contributed by atoms with Crippen LogP contribution >= 0.6 is 0 Å². The summed E-state index contributed by atoms with van der Waals surface area (Å²) >= 11 is 0. The Balaban J connectivity index is 1.64. The Hall–Kier alpha value is -3.28. The van der Waals surface area contributed by atoms with Gasteiger partial charge in [-0.15, -0.1) is 0 Å².